The first kappa shape index (κ1) is 9.52. The van der Waals surface area contributed by atoms with E-state index in [-0.39, 0.29) is 18.0 Å². The van der Waals surface area contributed by atoms with Crippen LogP contribution >= 0.6 is 0 Å². The van der Waals surface area contributed by atoms with Crippen molar-refractivity contribution in [3.05, 3.63) is 0 Å². The summed E-state index contributed by atoms with van der Waals surface area (Å²) in [7, 11) is 0. The van der Waals surface area contributed by atoms with Crippen molar-refractivity contribution in [3.8, 4) is 0 Å². The van der Waals surface area contributed by atoms with Gasteiger partial charge in [0.1, 0.15) is 12.0 Å². The van der Waals surface area contributed by atoms with Crippen molar-refractivity contribution < 1.29 is 14.6 Å². The van der Waals surface area contributed by atoms with Crippen molar-refractivity contribution in [3.63, 3.8) is 0 Å². The molecule has 3 nitrogen and oxygen atoms in total. The number of cyclic esters (lactones) is 1. The van der Waals surface area contributed by atoms with Crippen LogP contribution in [0.4, 0.5) is 0 Å². The van der Waals surface area contributed by atoms with Gasteiger partial charge in [-0.2, -0.15) is 0 Å². The molecule has 0 aromatic carbocycles. The molecule has 3 heteroatoms. The van der Waals surface area contributed by atoms with Gasteiger partial charge in [0, 0.05) is 0 Å². The average Bonchev–Trinajstić information content (AvgIpc) is 1.99. The fourth-order valence-electron chi connectivity index (χ4n) is 1.53. The first-order chi connectivity index (χ1) is 5.57. The third-order valence-corrected chi connectivity index (χ3v) is 2.37. The van der Waals surface area contributed by atoms with E-state index in [0.29, 0.717) is 12.3 Å². The molecule has 0 aliphatic carbocycles. The number of esters is 1. The highest BCUT2D eigenvalue weighted by atomic mass is 16.6. The highest BCUT2D eigenvalue weighted by molar-refractivity contribution is 5.79. The Labute approximate surface area is 72.7 Å². The zero-order valence-corrected chi connectivity index (χ0v) is 7.78. The van der Waals surface area contributed by atoms with Gasteiger partial charge in [0.15, 0.2) is 0 Å². The Hall–Kier alpha value is -0.570. The van der Waals surface area contributed by atoms with Gasteiger partial charge in [0.2, 0.25) is 0 Å². The molecule has 1 saturated heterocycles. The monoisotopic (exact) mass is 172 g/mol. The lowest BCUT2D eigenvalue weighted by atomic mass is 9.83. The van der Waals surface area contributed by atoms with E-state index in [1.807, 2.05) is 20.8 Å². The van der Waals surface area contributed by atoms with Crippen LogP contribution in [0.3, 0.4) is 0 Å². The van der Waals surface area contributed by atoms with E-state index < -0.39 is 6.10 Å². The Bertz CT molecular complexity index is 177. The van der Waals surface area contributed by atoms with Crippen molar-refractivity contribution in [1.82, 2.24) is 0 Å². The molecule has 3 atom stereocenters. The van der Waals surface area contributed by atoms with E-state index in [4.69, 9.17) is 4.74 Å². The number of hydrogen-bond acceptors (Lipinski definition) is 3. The zero-order valence-electron chi connectivity index (χ0n) is 7.78. The Morgan fingerprint density at radius 2 is 2.17 bits per heavy atom. The molecule has 0 saturated carbocycles. The third kappa shape index (κ3) is 1.46. The third-order valence-electron chi connectivity index (χ3n) is 2.37. The molecule has 1 fully saturated rings. The van der Waals surface area contributed by atoms with Crippen LogP contribution in [-0.4, -0.2) is 23.3 Å². The predicted octanol–water partition coefficient (Wildman–Crippen LogP) is 0.955. The molecular weight excluding hydrogens is 156 g/mol. The molecule has 1 N–H and O–H groups in total. The van der Waals surface area contributed by atoms with Crippen LogP contribution in [0.5, 0.6) is 0 Å². The van der Waals surface area contributed by atoms with Gasteiger partial charge < -0.3 is 9.84 Å². The molecule has 70 valence electrons. The van der Waals surface area contributed by atoms with Gasteiger partial charge in [-0.25, -0.2) is 0 Å². The Morgan fingerprint density at radius 1 is 1.58 bits per heavy atom. The van der Waals surface area contributed by atoms with Gasteiger partial charge in [0.05, 0.1) is 6.10 Å². The summed E-state index contributed by atoms with van der Waals surface area (Å²) in [5.41, 5.74) is 0. The van der Waals surface area contributed by atoms with E-state index in [1.165, 1.54) is 0 Å². The van der Waals surface area contributed by atoms with Crippen LogP contribution in [0, 0.1) is 11.8 Å². The average molecular weight is 172 g/mol. The molecule has 1 heterocycles. The summed E-state index contributed by atoms with van der Waals surface area (Å²) < 4.78 is 4.94. The zero-order chi connectivity index (χ0) is 9.30. The molecule has 0 aromatic heterocycles. The summed E-state index contributed by atoms with van der Waals surface area (Å²) in [6.07, 6.45) is 0.00861. The lowest BCUT2D eigenvalue weighted by molar-refractivity contribution is -0.201. The van der Waals surface area contributed by atoms with Crippen molar-refractivity contribution >= 4 is 5.97 Å². The van der Waals surface area contributed by atoms with Gasteiger partial charge >= 0.3 is 5.97 Å². The number of carbonyl (C=O) groups excluding carboxylic acids is 1. The highest BCUT2D eigenvalue weighted by Crippen LogP contribution is 2.31. The highest BCUT2D eigenvalue weighted by Gasteiger charge is 2.47. The first-order valence-electron chi connectivity index (χ1n) is 4.46. The summed E-state index contributed by atoms with van der Waals surface area (Å²) in [6.45, 7) is 5.85. The standard InChI is InChI=1S/C9H16O3/c1-4-6(10)7-8(5(2)3)12-9(7)11/h5-8,10H,4H2,1-3H3/t6-,7+,8+/m1/s1. The van der Waals surface area contributed by atoms with Crippen LogP contribution in [0.15, 0.2) is 0 Å². The van der Waals surface area contributed by atoms with Gasteiger partial charge in [-0.05, 0) is 12.3 Å². The van der Waals surface area contributed by atoms with Gasteiger partial charge in [-0.1, -0.05) is 20.8 Å². The fraction of sp³-hybridized carbons (Fsp3) is 0.889. The van der Waals surface area contributed by atoms with Gasteiger partial charge in [-0.15, -0.1) is 0 Å². The lowest BCUT2D eigenvalue weighted by Gasteiger charge is -2.39. The SMILES string of the molecule is CC[C@@H](O)[C@@H]1C(=O)O[C@H]1C(C)C. The largest absolute Gasteiger partial charge is 0.461 e. The maximum absolute atomic E-state index is 11.0. The number of aliphatic hydroxyl groups is 1. The topological polar surface area (TPSA) is 46.5 Å². The Morgan fingerprint density at radius 3 is 2.50 bits per heavy atom. The minimum atomic E-state index is -0.529. The maximum atomic E-state index is 11.0. The summed E-state index contributed by atoms with van der Waals surface area (Å²) in [5, 5.41) is 9.47. The maximum Gasteiger partial charge on any atom is 0.315 e. The van der Waals surface area contributed by atoms with Crippen LogP contribution in [0.25, 0.3) is 0 Å². The van der Waals surface area contributed by atoms with Crippen LogP contribution < -0.4 is 0 Å². The quantitative estimate of drug-likeness (QED) is 0.645. The van der Waals surface area contributed by atoms with E-state index in [1.54, 1.807) is 0 Å². The van der Waals surface area contributed by atoms with Gasteiger partial charge in [-0.3, -0.25) is 4.79 Å². The van der Waals surface area contributed by atoms with Crippen LogP contribution in [-0.2, 0) is 9.53 Å². The number of rotatable bonds is 3. The summed E-state index contributed by atoms with van der Waals surface area (Å²) in [6, 6.07) is 0. The molecular formula is C9H16O3. The molecule has 12 heavy (non-hydrogen) atoms. The second-order valence-electron chi connectivity index (χ2n) is 3.65. The minimum Gasteiger partial charge on any atom is -0.461 e. The predicted molar refractivity (Wildman–Crippen MR) is 44.5 cm³/mol. The molecule has 0 aromatic rings. The summed E-state index contributed by atoms with van der Waals surface area (Å²) in [5.74, 6) is -0.230. The number of hydrogen-bond donors (Lipinski definition) is 1. The lowest BCUT2D eigenvalue weighted by Crippen LogP contribution is -2.53. The van der Waals surface area contributed by atoms with Crippen LogP contribution in [0.2, 0.25) is 0 Å². The molecule has 0 amide bonds. The van der Waals surface area contributed by atoms with E-state index in [9.17, 15) is 9.90 Å². The number of carbonyl (C=O) groups is 1. The second kappa shape index (κ2) is 3.44. The van der Waals surface area contributed by atoms with E-state index in [2.05, 4.69) is 0 Å². The first-order valence-corrected chi connectivity index (χ1v) is 4.46. The fourth-order valence-corrected chi connectivity index (χ4v) is 1.53. The second-order valence-corrected chi connectivity index (χ2v) is 3.65. The van der Waals surface area contributed by atoms with E-state index >= 15 is 0 Å². The summed E-state index contributed by atoms with van der Waals surface area (Å²) >= 11 is 0. The molecule has 0 radical (unpaired) electrons. The molecule has 0 spiro atoms. The normalized spacial score (nSPS) is 31.2. The number of aliphatic hydroxyl groups excluding tert-OH is 1. The summed E-state index contributed by atoms with van der Waals surface area (Å²) in [4.78, 5) is 11.0. The molecule has 1 aliphatic rings. The Kier molecular flexibility index (Phi) is 2.73. The van der Waals surface area contributed by atoms with Crippen molar-refractivity contribution in [1.29, 1.82) is 0 Å². The Balaban J connectivity index is 2.55. The molecule has 0 bridgehead atoms. The van der Waals surface area contributed by atoms with Gasteiger partial charge in [0.25, 0.3) is 0 Å². The molecule has 0 unspecified atom stereocenters. The molecule has 1 aliphatic heterocycles. The van der Waals surface area contributed by atoms with Crippen molar-refractivity contribution in [2.75, 3.05) is 0 Å². The number of ether oxygens (including phenoxy) is 1. The van der Waals surface area contributed by atoms with E-state index in [0.717, 1.165) is 0 Å². The van der Waals surface area contributed by atoms with Crippen LogP contribution in [0.1, 0.15) is 27.2 Å². The van der Waals surface area contributed by atoms with Crippen molar-refractivity contribution in [2.45, 2.75) is 39.4 Å². The van der Waals surface area contributed by atoms with Crippen molar-refractivity contribution in [2.24, 2.45) is 11.8 Å². The molecule has 1 rings (SSSR count). The minimum absolute atomic E-state index is 0.0764. The smallest absolute Gasteiger partial charge is 0.315 e.